The molecule has 0 bridgehead atoms. The molecule has 2 heterocycles. The maximum atomic E-state index is 4.93. The fraction of sp³-hybridized carbons (Fsp3) is 0.0556. The first-order valence-electron chi connectivity index (χ1n) is 13.5. The topological polar surface area (TPSA) is 9.86 Å². The number of benzene rings is 4. The molecule has 0 N–H and O–H groups in total. The van der Waals surface area contributed by atoms with E-state index >= 15 is 0 Å². The van der Waals surface area contributed by atoms with E-state index in [4.69, 9.17) is 17.0 Å². The SMILES string of the molecule is Cc1cc2ccccc2n1-[c-]1ccc2ccccc21.Cc1cc2ccccc2n1-[c-]1ccc2ccccc21.[Cl][Zr+2][Cl]. The van der Waals surface area contributed by atoms with Crippen LogP contribution in [0.3, 0.4) is 0 Å². The van der Waals surface area contributed by atoms with Crippen molar-refractivity contribution in [1.29, 1.82) is 0 Å². The van der Waals surface area contributed by atoms with Crippen molar-refractivity contribution in [3.8, 4) is 11.4 Å². The van der Waals surface area contributed by atoms with Crippen LogP contribution >= 0.6 is 17.0 Å². The maximum absolute atomic E-state index is 4.93. The van der Waals surface area contributed by atoms with Gasteiger partial charge in [0.05, 0.1) is 0 Å². The Morgan fingerprint density at radius 2 is 0.829 bits per heavy atom. The Balaban J connectivity index is 0.000000135. The molecule has 0 aliphatic carbocycles. The summed E-state index contributed by atoms with van der Waals surface area (Å²) >= 11 is -0.826. The Hall–Kier alpha value is -3.36. The van der Waals surface area contributed by atoms with E-state index in [9.17, 15) is 0 Å². The monoisotopic (exact) mass is 648 g/mol. The van der Waals surface area contributed by atoms with Crippen molar-refractivity contribution >= 4 is 60.4 Å². The van der Waals surface area contributed by atoms with Crippen LogP contribution in [0.2, 0.25) is 0 Å². The predicted octanol–water partition coefficient (Wildman–Crippen LogP) is 11.0. The Kier molecular flexibility index (Phi) is 8.31. The first kappa shape index (κ1) is 27.8. The number of aryl methyl sites for hydroxylation is 2. The van der Waals surface area contributed by atoms with Gasteiger partial charge in [0.25, 0.3) is 0 Å². The number of hydrogen-bond donors (Lipinski definition) is 0. The molecule has 0 amide bonds. The average Bonchev–Trinajstić information content (AvgIpc) is 3.75. The van der Waals surface area contributed by atoms with E-state index in [1.807, 2.05) is 0 Å². The molecule has 41 heavy (non-hydrogen) atoms. The molecule has 0 spiro atoms. The molecule has 5 heteroatoms. The van der Waals surface area contributed by atoms with Gasteiger partial charge in [0.2, 0.25) is 0 Å². The van der Waals surface area contributed by atoms with Gasteiger partial charge in [-0.1, -0.05) is 131 Å². The van der Waals surface area contributed by atoms with Gasteiger partial charge in [0.15, 0.2) is 0 Å². The standard InChI is InChI=1S/2C18H14N.2ClH.Zr/c2*1-13-12-15-7-3-5-9-17(15)19(13)18-11-10-14-6-2-4-8-16(14)18;;;/h2*2-12H,1H3;2*1H;/q2*-1;;;+4/p-2. The van der Waals surface area contributed by atoms with Crippen molar-refractivity contribution < 1.29 is 20.8 Å². The molecule has 0 aliphatic heterocycles. The van der Waals surface area contributed by atoms with Gasteiger partial charge in [-0.25, -0.2) is 0 Å². The van der Waals surface area contributed by atoms with E-state index in [-0.39, 0.29) is 0 Å². The van der Waals surface area contributed by atoms with Gasteiger partial charge in [-0.3, -0.25) is 0 Å². The number of halogens is 2. The molecule has 8 aromatic rings. The summed E-state index contributed by atoms with van der Waals surface area (Å²) in [6.45, 7) is 4.34. The summed E-state index contributed by atoms with van der Waals surface area (Å²) in [5.41, 5.74) is 7.64. The summed E-state index contributed by atoms with van der Waals surface area (Å²) in [6, 6.07) is 47.5. The zero-order valence-corrected chi connectivity index (χ0v) is 26.8. The second kappa shape index (κ2) is 12.3. The van der Waals surface area contributed by atoms with Gasteiger partial charge in [0, 0.05) is 0 Å². The third kappa shape index (κ3) is 5.35. The number of nitrogens with zero attached hydrogens (tertiary/aromatic N) is 2. The van der Waals surface area contributed by atoms with Crippen molar-refractivity contribution in [3.63, 3.8) is 0 Å². The fourth-order valence-electron chi connectivity index (χ4n) is 5.88. The number of aromatic nitrogens is 2. The van der Waals surface area contributed by atoms with E-state index < -0.39 is 20.8 Å². The molecule has 0 fully saturated rings. The van der Waals surface area contributed by atoms with Crippen molar-refractivity contribution in [1.82, 2.24) is 9.13 Å². The minimum absolute atomic E-state index is 0.826. The molecule has 0 atom stereocenters. The third-order valence-corrected chi connectivity index (χ3v) is 7.59. The van der Waals surface area contributed by atoms with Crippen LogP contribution in [-0.4, -0.2) is 9.13 Å². The molecule has 2 nitrogen and oxygen atoms in total. The third-order valence-electron chi connectivity index (χ3n) is 7.59. The molecule has 6 aromatic carbocycles. The van der Waals surface area contributed by atoms with Crippen LogP contribution in [0.5, 0.6) is 0 Å². The molecule has 0 saturated carbocycles. The van der Waals surface area contributed by atoms with Gasteiger partial charge in [-0.05, 0) is 58.4 Å². The number of rotatable bonds is 2. The van der Waals surface area contributed by atoms with Crippen LogP contribution in [-0.2, 0) is 20.8 Å². The Morgan fingerprint density at radius 1 is 0.488 bits per heavy atom. The van der Waals surface area contributed by atoms with Crippen molar-refractivity contribution in [3.05, 3.63) is 145 Å². The molecular formula is C36H28Cl2N2Zr. The first-order chi connectivity index (χ1) is 20.1. The predicted molar refractivity (Wildman–Crippen MR) is 174 cm³/mol. The molecular weight excluding hydrogens is 623 g/mol. The van der Waals surface area contributed by atoms with Crippen LogP contribution in [0.25, 0.3) is 54.7 Å². The minimum atomic E-state index is -0.826. The van der Waals surface area contributed by atoms with Gasteiger partial charge < -0.3 is 9.13 Å². The summed E-state index contributed by atoms with van der Waals surface area (Å²) in [6.07, 6.45) is 0. The molecule has 0 aliphatic rings. The van der Waals surface area contributed by atoms with Crippen LogP contribution in [0.1, 0.15) is 11.4 Å². The second-order valence-electron chi connectivity index (χ2n) is 10.0. The van der Waals surface area contributed by atoms with E-state index in [0.717, 1.165) is 0 Å². The van der Waals surface area contributed by atoms with Gasteiger partial charge >= 0.3 is 37.9 Å². The summed E-state index contributed by atoms with van der Waals surface area (Å²) in [7, 11) is 9.87. The molecule has 200 valence electrons. The van der Waals surface area contributed by atoms with Crippen LogP contribution in [0.15, 0.2) is 133 Å². The second-order valence-corrected chi connectivity index (χ2v) is 13.8. The van der Waals surface area contributed by atoms with E-state index in [1.165, 1.54) is 66.1 Å². The molecule has 0 radical (unpaired) electrons. The van der Waals surface area contributed by atoms with Crippen molar-refractivity contribution in [2.45, 2.75) is 13.8 Å². The number of fused-ring (bicyclic) bond motifs is 4. The molecule has 8 rings (SSSR count). The molecule has 0 saturated heterocycles. The van der Waals surface area contributed by atoms with Gasteiger partial charge in [-0.15, -0.1) is 24.3 Å². The van der Waals surface area contributed by atoms with Crippen LogP contribution in [0, 0.1) is 13.8 Å². The summed E-state index contributed by atoms with van der Waals surface area (Å²) < 4.78 is 4.69. The van der Waals surface area contributed by atoms with Crippen molar-refractivity contribution in [2.24, 2.45) is 0 Å². The molecule has 2 aromatic heterocycles. The normalized spacial score (nSPS) is 10.8. The summed E-state index contributed by atoms with van der Waals surface area (Å²) in [4.78, 5) is 0. The van der Waals surface area contributed by atoms with Gasteiger partial charge in [0.1, 0.15) is 0 Å². The van der Waals surface area contributed by atoms with E-state index in [2.05, 4.69) is 156 Å². The zero-order valence-electron chi connectivity index (χ0n) is 22.9. The Morgan fingerprint density at radius 3 is 1.24 bits per heavy atom. The Bertz CT molecular complexity index is 1940. The van der Waals surface area contributed by atoms with Crippen molar-refractivity contribution in [2.75, 3.05) is 0 Å². The first-order valence-corrected chi connectivity index (χ1v) is 19.8. The average molecular weight is 651 g/mol. The quantitative estimate of drug-likeness (QED) is 0.165. The summed E-state index contributed by atoms with van der Waals surface area (Å²) in [5.74, 6) is 0. The summed E-state index contributed by atoms with van der Waals surface area (Å²) in [5, 5.41) is 7.82. The van der Waals surface area contributed by atoms with Gasteiger partial charge in [-0.2, -0.15) is 0 Å². The fourth-order valence-corrected chi connectivity index (χ4v) is 5.88. The number of para-hydroxylation sites is 2. The van der Waals surface area contributed by atoms with Crippen LogP contribution < -0.4 is 0 Å². The zero-order chi connectivity index (χ0) is 28.3. The number of hydrogen-bond acceptors (Lipinski definition) is 0. The Labute approximate surface area is 258 Å². The van der Waals surface area contributed by atoms with E-state index in [1.54, 1.807) is 0 Å². The van der Waals surface area contributed by atoms with Crippen LogP contribution in [0.4, 0.5) is 0 Å². The molecule has 0 unspecified atom stereocenters. The van der Waals surface area contributed by atoms with E-state index in [0.29, 0.717) is 0 Å².